The van der Waals surface area contributed by atoms with E-state index in [-0.39, 0.29) is 18.8 Å². The molecule has 2 amide bonds. The van der Waals surface area contributed by atoms with Crippen molar-refractivity contribution < 1.29 is 13.6 Å². The summed E-state index contributed by atoms with van der Waals surface area (Å²) in [5, 5.41) is 7.87. The van der Waals surface area contributed by atoms with Gasteiger partial charge in [0.15, 0.2) is 5.65 Å². The van der Waals surface area contributed by atoms with E-state index in [1.54, 1.807) is 12.4 Å². The summed E-state index contributed by atoms with van der Waals surface area (Å²) in [6.45, 7) is 2.18. The molecule has 29 heavy (non-hydrogen) atoms. The zero-order valence-corrected chi connectivity index (χ0v) is 15.7. The number of rotatable bonds is 3. The van der Waals surface area contributed by atoms with Crippen LogP contribution in [0.1, 0.15) is 12.8 Å². The molecule has 5 rings (SSSR count). The van der Waals surface area contributed by atoms with Crippen LogP contribution in [0.5, 0.6) is 0 Å². The van der Waals surface area contributed by atoms with Gasteiger partial charge >= 0.3 is 6.03 Å². The van der Waals surface area contributed by atoms with Crippen molar-refractivity contribution in [3.8, 4) is 5.69 Å². The molecule has 2 aromatic heterocycles. The second-order valence-electron chi connectivity index (χ2n) is 7.47. The van der Waals surface area contributed by atoms with Gasteiger partial charge in [0.2, 0.25) is 0 Å². The fraction of sp³-hybridized carbons (Fsp3) is 0.350. The van der Waals surface area contributed by atoms with Gasteiger partial charge in [0.1, 0.15) is 17.7 Å². The van der Waals surface area contributed by atoms with E-state index < -0.39 is 18.0 Å². The summed E-state index contributed by atoms with van der Waals surface area (Å²) < 4.78 is 28.8. The zero-order chi connectivity index (χ0) is 20.0. The van der Waals surface area contributed by atoms with Crippen LogP contribution in [-0.4, -0.2) is 58.0 Å². The highest BCUT2D eigenvalue weighted by Gasteiger charge is 2.30. The van der Waals surface area contributed by atoms with Crippen molar-refractivity contribution in [2.75, 3.05) is 36.4 Å². The number of hydrogen-bond acceptors (Lipinski definition) is 4. The van der Waals surface area contributed by atoms with E-state index in [1.165, 1.54) is 40.6 Å². The number of carbonyl (C=O) groups is 1. The summed E-state index contributed by atoms with van der Waals surface area (Å²) in [7, 11) is 0. The number of anilines is 2. The van der Waals surface area contributed by atoms with Crippen molar-refractivity contribution in [1.82, 2.24) is 19.7 Å². The first-order chi connectivity index (χ1) is 14.1. The predicted octanol–water partition coefficient (Wildman–Crippen LogP) is 3.35. The van der Waals surface area contributed by atoms with Crippen LogP contribution in [0.25, 0.3) is 16.7 Å². The van der Waals surface area contributed by atoms with Gasteiger partial charge in [-0.05, 0) is 37.1 Å². The van der Waals surface area contributed by atoms with Gasteiger partial charge in [-0.1, -0.05) is 0 Å². The molecule has 0 unspecified atom stereocenters. The maximum Gasteiger partial charge on any atom is 0.322 e. The minimum absolute atomic E-state index is 0.0788. The number of amides is 2. The maximum absolute atomic E-state index is 14.5. The SMILES string of the molecule is O=C(Nc1ccc(F)c(-n2cc3cc(N4CCCC4)cnc3n2)c1)N1CC(F)C1. The third kappa shape index (κ3) is 3.37. The van der Waals surface area contributed by atoms with Crippen molar-refractivity contribution in [3.63, 3.8) is 0 Å². The lowest BCUT2D eigenvalue weighted by Gasteiger charge is -2.34. The Kier molecular flexibility index (Phi) is 4.30. The molecule has 9 heteroatoms. The highest BCUT2D eigenvalue weighted by atomic mass is 19.1. The number of likely N-dealkylation sites (tertiary alicyclic amines) is 1. The van der Waals surface area contributed by atoms with E-state index in [0.29, 0.717) is 11.3 Å². The molecule has 2 aliphatic heterocycles. The summed E-state index contributed by atoms with van der Waals surface area (Å²) >= 11 is 0. The third-order valence-corrected chi connectivity index (χ3v) is 5.38. The topological polar surface area (TPSA) is 66.3 Å². The lowest BCUT2D eigenvalue weighted by molar-refractivity contribution is 0.0974. The number of benzene rings is 1. The Morgan fingerprint density at radius 3 is 2.72 bits per heavy atom. The first kappa shape index (κ1) is 17.8. The minimum atomic E-state index is -0.973. The summed E-state index contributed by atoms with van der Waals surface area (Å²) in [4.78, 5) is 20.1. The fourth-order valence-electron chi connectivity index (χ4n) is 3.73. The van der Waals surface area contributed by atoms with Gasteiger partial charge < -0.3 is 15.1 Å². The van der Waals surface area contributed by atoms with Gasteiger partial charge in [0, 0.05) is 30.4 Å². The Balaban J connectivity index is 1.42. The molecule has 0 spiro atoms. The lowest BCUT2D eigenvalue weighted by atomic mass is 10.2. The molecule has 2 fully saturated rings. The maximum atomic E-state index is 14.5. The number of hydrogen-bond donors (Lipinski definition) is 1. The molecule has 7 nitrogen and oxygen atoms in total. The summed E-state index contributed by atoms with van der Waals surface area (Å²) in [6, 6.07) is 5.86. The van der Waals surface area contributed by atoms with E-state index in [1.807, 2.05) is 6.07 Å². The quantitative estimate of drug-likeness (QED) is 0.735. The molecule has 0 bridgehead atoms. The Morgan fingerprint density at radius 2 is 1.97 bits per heavy atom. The molecule has 0 atom stereocenters. The first-order valence-corrected chi connectivity index (χ1v) is 9.67. The highest BCUT2D eigenvalue weighted by Crippen LogP contribution is 2.25. The van der Waals surface area contributed by atoms with E-state index in [9.17, 15) is 13.6 Å². The minimum Gasteiger partial charge on any atom is -0.370 e. The third-order valence-electron chi connectivity index (χ3n) is 5.38. The number of halogens is 2. The molecule has 4 heterocycles. The zero-order valence-electron chi connectivity index (χ0n) is 15.7. The Hall–Kier alpha value is -3.23. The van der Waals surface area contributed by atoms with Gasteiger partial charge in [0.05, 0.1) is 25.0 Å². The Morgan fingerprint density at radius 1 is 1.17 bits per heavy atom. The van der Waals surface area contributed by atoms with Gasteiger partial charge in [0.25, 0.3) is 0 Å². The van der Waals surface area contributed by atoms with Crippen molar-refractivity contribution in [2.45, 2.75) is 19.0 Å². The van der Waals surface area contributed by atoms with Crippen molar-refractivity contribution in [3.05, 3.63) is 42.5 Å². The molecule has 3 aromatic rings. The van der Waals surface area contributed by atoms with E-state index in [2.05, 4.69) is 20.3 Å². The van der Waals surface area contributed by atoms with Crippen LogP contribution in [-0.2, 0) is 0 Å². The van der Waals surface area contributed by atoms with Crippen molar-refractivity contribution in [1.29, 1.82) is 0 Å². The molecular weight excluding hydrogens is 378 g/mol. The number of fused-ring (bicyclic) bond motifs is 1. The average molecular weight is 398 g/mol. The number of aromatic nitrogens is 3. The Labute approximate surface area is 165 Å². The van der Waals surface area contributed by atoms with Crippen molar-refractivity contribution in [2.24, 2.45) is 0 Å². The second-order valence-corrected chi connectivity index (χ2v) is 7.47. The standard InChI is InChI=1S/C20H20F2N6O/c21-14-11-27(12-14)20(29)24-15-3-4-17(22)18(8-15)28-10-13-7-16(9-23-19(13)25-28)26-5-1-2-6-26/h3-4,7-10,14H,1-2,5-6,11-12H2,(H,24,29). The summed E-state index contributed by atoms with van der Waals surface area (Å²) in [5.74, 6) is -0.469. The van der Waals surface area contributed by atoms with Gasteiger partial charge in [-0.25, -0.2) is 23.2 Å². The van der Waals surface area contributed by atoms with Crippen LogP contribution in [0.3, 0.4) is 0 Å². The molecule has 150 valence electrons. The van der Waals surface area contributed by atoms with E-state index in [4.69, 9.17) is 0 Å². The van der Waals surface area contributed by atoms with Crippen LogP contribution >= 0.6 is 0 Å². The van der Waals surface area contributed by atoms with Crippen molar-refractivity contribution >= 4 is 28.4 Å². The molecule has 2 aliphatic rings. The van der Waals surface area contributed by atoms with Crippen LogP contribution in [0.4, 0.5) is 25.0 Å². The number of nitrogens with zero attached hydrogens (tertiary/aromatic N) is 5. The lowest BCUT2D eigenvalue weighted by Crippen LogP contribution is -2.53. The molecule has 0 radical (unpaired) electrons. The second kappa shape index (κ2) is 6.98. The van der Waals surface area contributed by atoms with Crippen LogP contribution < -0.4 is 10.2 Å². The van der Waals surface area contributed by atoms with Gasteiger partial charge in [-0.2, -0.15) is 0 Å². The fourth-order valence-corrected chi connectivity index (χ4v) is 3.73. The number of alkyl halides is 1. The molecule has 2 saturated heterocycles. The molecule has 1 N–H and O–H groups in total. The number of nitrogens with one attached hydrogen (secondary N) is 1. The van der Waals surface area contributed by atoms with E-state index >= 15 is 0 Å². The molecule has 1 aromatic carbocycles. The summed E-state index contributed by atoms with van der Waals surface area (Å²) in [5.41, 5.74) is 2.18. The van der Waals surface area contributed by atoms with Crippen LogP contribution in [0.15, 0.2) is 36.7 Å². The first-order valence-electron chi connectivity index (χ1n) is 9.67. The largest absolute Gasteiger partial charge is 0.370 e. The monoisotopic (exact) mass is 398 g/mol. The summed E-state index contributed by atoms with van der Waals surface area (Å²) in [6.07, 6.45) is 4.90. The van der Waals surface area contributed by atoms with Crippen LogP contribution in [0, 0.1) is 5.82 Å². The molecular formula is C20H20F2N6O. The Bertz CT molecular complexity index is 1070. The predicted molar refractivity (Wildman–Crippen MR) is 106 cm³/mol. The average Bonchev–Trinajstić information content (AvgIpc) is 3.35. The molecule has 0 saturated carbocycles. The van der Waals surface area contributed by atoms with Crippen LogP contribution in [0.2, 0.25) is 0 Å². The molecule has 0 aliphatic carbocycles. The normalized spacial score (nSPS) is 17.0. The smallest absolute Gasteiger partial charge is 0.322 e. The van der Waals surface area contributed by atoms with Gasteiger partial charge in [-0.3, -0.25) is 0 Å². The highest BCUT2D eigenvalue weighted by molar-refractivity contribution is 5.90. The van der Waals surface area contributed by atoms with E-state index in [0.717, 1.165) is 24.2 Å². The number of urea groups is 1. The van der Waals surface area contributed by atoms with Gasteiger partial charge in [-0.15, -0.1) is 5.10 Å². The number of carbonyl (C=O) groups excluding carboxylic acids is 1. The number of pyridine rings is 1.